The number of carboxylic acids is 1. The van der Waals surface area contributed by atoms with Crippen molar-refractivity contribution >= 4 is 12.0 Å². The van der Waals surface area contributed by atoms with Crippen molar-refractivity contribution in [3.63, 3.8) is 0 Å². The molecule has 0 saturated carbocycles. The van der Waals surface area contributed by atoms with E-state index in [2.05, 4.69) is 11.4 Å². The highest BCUT2D eigenvalue weighted by Gasteiger charge is 2.23. The van der Waals surface area contributed by atoms with Crippen LogP contribution in [0.25, 0.3) is 0 Å². The van der Waals surface area contributed by atoms with E-state index in [1.165, 1.54) is 4.90 Å². The fraction of sp³-hybridized carbons (Fsp3) is 0.400. The van der Waals surface area contributed by atoms with Gasteiger partial charge < -0.3 is 15.3 Å². The number of hydrogen-bond acceptors (Lipinski definition) is 3. The van der Waals surface area contributed by atoms with Gasteiger partial charge in [-0.05, 0) is 25.0 Å². The Bertz CT molecular complexity index is 641. The predicted octanol–water partition coefficient (Wildman–Crippen LogP) is 2.11. The fourth-order valence-electron chi connectivity index (χ4n) is 2.38. The van der Waals surface area contributed by atoms with Crippen molar-refractivity contribution in [1.29, 1.82) is 5.26 Å². The molecule has 8 heteroatoms. The Hall–Kier alpha value is -2.69. The minimum absolute atomic E-state index is 0.0718. The minimum Gasteiger partial charge on any atom is -0.478 e. The number of piperidine rings is 1. The first kappa shape index (κ1) is 16.7. The number of amides is 2. The molecule has 0 bridgehead atoms. The van der Waals surface area contributed by atoms with Crippen LogP contribution in [0.4, 0.5) is 13.6 Å². The summed E-state index contributed by atoms with van der Waals surface area (Å²) in [5, 5.41) is 19.9. The Morgan fingerprint density at radius 2 is 1.87 bits per heavy atom. The molecule has 2 N–H and O–H groups in total. The lowest BCUT2D eigenvalue weighted by atomic mass is 9.99. The van der Waals surface area contributed by atoms with Gasteiger partial charge in [-0.25, -0.2) is 18.4 Å². The number of carbonyl (C=O) groups is 2. The van der Waals surface area contributed by atoms with Crippen molar-refractivity contribution in [1.82, 2.24) is 10.2 Å². The average Bonchev–Trinajstić information content (AvgIpc) is 2.53. The minimum atomic E-state index is -1.43. The van der Waals surface area contributed by atoms with E-state index in [0.29, 0.717) is 38.1 Å². The summed E-state index contributed by atoms with van der Waals surface area (Å²) >= 11 is 0. The molecule has 1 aromatic rings. The summed E-state index contributed by atoms with van der Waals surface area (Å²) in [6.07, 6.45) is 1.14. The maximum atomic E-state index is 13.8. The van der Waals surface area contributed by atoms with Crippen LogP contribution in [-0.2, 0) is 6.54 Å². The molecule has 1 aliphatic rings. The summed E-state index contributed by atoms with van der Waals surface area (Å²) in [5.74, 6) is -3.55. The maximum absolute atomic E-state index is 13.8. The van der Waals surface area contributed by atoms with Crippen LogP contribution in [0.1, 0.15) is 28.8 Å². The van der Waals surface area contributed by atoms with Crippen molar-refractivity contribution in [2.75, 3.05) is 13.1 Å². The van der Waals surface area contributed by atoms with E-state index >= 15 is 0 Å². The maximum Gasteiger partial charge on any atom is 0.335 e. The summed E-state index contributed by atoms with van der Waals surface area (Å²) in [4.78, 5) is 24.1. The average molecular weight is 323 g/mol. The summed E-state index contributed by atoms with van der Waals surface area (Å²) in [6, 6.07) is 3.10. The van der Waals surface area contributed by atoms with Crippen molar-refractivity contribution in [3.8, 4) is 6.07 Å². The van der Waals surface area contributed by atoms with Gasteiger partial charge in [-0.3, -0.25) is 0 Å². The van der Waals surface area contributed by atoms with E-state index in [1.54, 1.807) is 0 Å². The monoisotopic (exact) mass is 323 g/mol. The predicted molar refractivity (Wildman–Crippen MR) is 75.5 cm³/mol. The number of rotatable bonds is 3. The Morgan fingerprint density at radius 1 is 1.30 bits per heavy atom. The van der Waals surface area contributed by atoms with Crippen molar-refractivity contribution in [3.05, 3.63) is 34.9 Å². The second-order valence-corrected chi connectivity index (χ2v) is 5.27. The van der Waals surface area contributed by atoms with Crippen LogP contribution in [0, 0.1) is 28.9 Å². The molecule has 0 aliphatic carbocycles. The van der Waals surface area contributed by atoms with E-state index in [0.717, 1.165) is 0 Å². The Balaban J connectivity index is 1.97. The third-order valence-corrected chi connectivity index (χ3v) is 3.77. The lowest BCUT2D eigenvalue weighted by Crippen LogP contribution is -2.44. The molecule has 122 valence electrons. The molecule has 0 aromatic heterocycles. The molecule has 6 nitrogen and oxygen atoms in total. The van der Waals surface area contributed by atoms with E-state index in [4.69, 9.17) is 10.4 Å². The number of aromatic carboxylic acids is 1. The van der Waals surface area contributed by atoms with E-state index < -0.39 is 34.8 Å². The standard InChI is InChI=1S/C15H15F2N3O3/c16-12-5-10(14(21)22)6-13(17)11(12)8-19-15(23)20-3-1-9(7-18)2-4-20/h5-6,9H,1-4,8H2,(H,19,23)(H,21,22). The smallest absolute Gasteiger partial charge is 0.335 e. The summed E-state index contributed by atoms with van der Waals surface area (Å²) in [5.41, 5.74) is -0.885. The van der Waals surface area contributed by atoms with Gasteiger partial charge in [0, 0.05) is 24.6 Å². The van der Waals surface area contributed by atoms with E-state index in [1.807, 2.05) is 0 Å². The van der Waals surface area contributed by atoms with Gasteiger partial charge >= 0.3 is 12.0 Å². The van der Waals surface area contributed by atoms with Gasteiger partial charge in [0.05, 0.1) is 18.2 Å². The van der Waals surface area contributed by atoms with Crippen molar-refractivity contribution in [2.45, 2.75) is 19.4 Å². The summed E-state index contributed by atoms with van der Waals surface area (Å²) in [7, 11) is 0. The molecule has 0 radical (unpaired) electrons. The first-order valence-electron chi connectivity index (χ1n) is 7.06. The molecule has 2 rings (SSSR count). The first-order chi connectivity index (χ1) is 10.9. The third kappa shape index (κ3) is 3.94. The highest BCUT2D eigenvalue weighted by molar-refractivity contribution is 5.87. The van der Waals surface area contributed by atoms with Gasteiger partial charge in [0.25, 0.3) is 0 Å². The number of halogens is 2. The number of carbonyl (C=O) groups excluding carboxylic acids is 1. The van der Waals surface area contributed by atoms with Crippen molar-refractivity contribution < 1.29 is 23.5 Å². The zero-order valence-corrected chi connectivity index (χ0v) is 12.2. The molecule has 1 heterocycles. The summed E-state index contributed by atoms with van der Waals surface area (Å²) < 4.78 is 27.5. The lowest BCUT2D eigenvalue weighted by Gasteiger charge is -2.29. The van der Waals surface area contributed by atoms with Crippen LogP contribution < -0.4 is 5.32 Å². The SMILES string of the molecule is N#CC1CCN(C(=O)NCc2c(F)cc(C(=O)O)cc2F)CC1. The van der Waals surface area contributed by atoms with Gasteiger partial charge in [-0.1, -0.05) is 0 Å². The Labute approximate surface area is 131 Å². The third-order valence-electron chi connectivity index (χ3n) is 3.77. The molecule has 1 fully saturated rings. The topological polar surface area (TPSA) is 93.4 Å². The van der Waals surface area contributed by atoms with Crippen LogP contribution in [-0.4, -0.2) is 35.1 Å². The van der Waals surface area contributed by atoms with E-state index in [-0.39, 0.29) is 12.5 Å². The van der Waals surface area contributed by atoms with Gasteiger partial charge in [-0.15, -0.1) is 0 Å². The second kappa shape index (κ2) is 7.05. The van der Waals surface area contributed by atoms with Crippen LogP contribution in [0.15, 0.2) is 12.1 Å². The molecule has 0 spiro atoms. The normalized spacial score (nSPS) is 15.1. The van der Waals surface area contributed by atoms with Crippen LogP contribution in [0.5, 0.6) is 0 Å². The zero-order valence-electron chi connectivity index (χ0n) is 12.2. The van der Waals surface area contributed by atoms with Gasteiger partial charge in [-0.2, -0.15) is 5.26 Å². The molecule has 1 aliphatic heterocycles. The number of likely N-dealkylation sites (tertiary alicyclic amines) is 1. The largest absolute Gasteiger partial charge is 0.478 e. The molecule has 0 atom stereocenters. The molecule has 1 aromatic carbocycles. The van der Waals surface area contributed by atoms with Crippen LogP contribution in [0.2, 0.25) is 0 Å². The highest BCUT2D eigenvalue weighted by Crippen LogP contribution is 2.18. The van der Waals surface area contributed by atoms with Crippen molar-refractivity contribution in [2.24, 2.45) is 5.92 Å². The van der Waals surface area contributed by atoms with E-state index in [9.17, 15) is 18.4 Å². The fourth-order valence-corrected chi connectivity index (χ4v) is 2.38. The molecular weight excluding hydrogens is 308 g/mol. The second-order valence-electron chi connectivity index (χ2n) is 5.27. The van der Waals surface area contributed by atoms with Crippen LogP contribution in [0.3, 0.4) is 0 Å². The lowest BCUT2D eigenvalue weighted by molar-refractivity contribution is 0.0695. The number of benzene rings is 1. The number of urea groups is 1. The van der Waals surface area contributed by atoms with Gasteiger partial charge in [0.2, 0.25) is 0 Å². The summed E-state index contributed by atoms with van der Waals surface area (Å²) in [6.45, 7) is 0.439. The number of nitrogens with one attached hydrogen (secondary N) is 1. The number of hydrogen-bond donors (Lipinski definition) is 2. The first-order valence-corrected chi connectivity index (χ1v) is 7.06. The van der Waals surface area contributed by atoms with Crippen LogP contribution >= 0.6 is 0 Å². The van der Waals surface area contributed by atoms with Gasteiger partial charge in [0.15, 0.2) is 0 Å². The number of nitrogens with zero attached hydrogens (tertiary/aromatic N) is 2. The molecular formula is C15H15F2N3O3. The van der Waals surface area contributed by atoms with Gasteiger partial charge in [0.1, 0.15) is 11.6 Å². The number of carboxylic acid groups (broad SMARTS) is 1. The number of nitriles is 1. The quantitative estimate of drug-likeness (QED) is 0.891. The molecule has 1 saturated heterocycles. The Kier molecular flexibility index (Phi) is 5.11. The highest BCUT2D eigenvalue weighted by atomic mass is 19.1. The molecule has 2 amide bonds. The Morgan fingerprint density at radius 3 is 2.35 bits per heavy atom. The zero-order chi connectivity index (χ0) is 17.0. The molecule has 23 heavy (non-hydrogen) atoms. The molecule has 0 unspecified atom stereocenters.